The van der Waals surface area contributed by atoms with E-state index in [9.17, 15) is 9.50 Å². The van der Waals surface area contributed by atoms with Crippen molar-refractivity contribution in [2.24, 2.45) is 0 Å². The molecule has 4 atom stereocenters. The van der Waals surface area contributed by atoms with E-state index in [1.165, 1.54) is 10.9 Å². The van der Waals surface area contributed by atoms with Gasteiger partial charge in [0.2, 0.25) is 0 Å². The van der Waals surface area contributed by atoms with Crippen LogP contribution in [0, 0.1) is 4.77 Å². The molecule has 3 rings (SSSR count). The third-order valence-corrected chi connectivity index (χ3v) is 3.56. The molecule has 2 aromatic rings. The molecule has 0 spiro atoms. The molecule has 0 amide bonds. The summed E-state index contributed by atoms with van der Waals surface area (Å²) >= 11 is 5.12. The number of nitrogens with one attached hydrogen (secondary N) is 1. The van der Waals surface area contributed by atoms with Crippen molar-refractivity contribution in [1.29, 1.82) is 0 Å². The number of nitrogen functional groups attached to an aromatic ring is 1. The van der Waals surface area contributed by atoms with Crippen molar-refractivity contribution < 1.29 is 19.3 Å². The van der Waals surface area contributed by atoms with Crippen LogP contribution in [0.15, 0.2) is 6.33 Å². The highest BCUT2D eigenvalue weighted by Gasteiger charge is 2.45. The number of rotatable bonds is 2. The lowest BCUT2D eigenvalue weighted by Gasteiger charge is -2.16. The van der Waals surface area contributed by atoms with Gasteiger partial charge in [-0.15, -0.1) is 0 Å². The normalized spacial score (nSPS) is 30.1. The standard InChI is InChI=1S/C10H12FN5O3S/c11-4-3(1-17)19-9(6(4)18)16-8-5(15-10(16)20)7(12)13-2-14-8/h2-4,6,9,17-18H,1H2,(H,15,20)(H2,12,13,14)/t3-,4-,6-,9-/m1/s1. The molecule has 2 aromatic heterocycles. The van der Waals surface area contributed by atoms with E-state index in [-0.39, 0.29) is 10.6 Å². The van der Waals surface area contributed by atoms with Crippen molar-refractivity contribution in [3.8, 4) is 0 Å². The van der Waals surface area contributed by atoms with E-state index in [1.54, 1.807) is 0 Å². The lowest BCUT2D eigenvalue weighted by Crippen LogP contribution is -2.29. The summed E-state index contributed by atoms with van der Waals surface area (Å²) in [6.07, 6.45) is -4.14. The molecule has 5 N–H and O–H groups in total. The zero-order valence-electron chi connectivity index (χ0n) is 10.1. The average molecular weight is 301 g/mol. The summed E-state index contributed by atoms with van der Waals surface area (Å²) in [7, 11) is 0. The molecule has 0 unspecified atom stereocenters. The lowest BCUT2D eigenvalue weighted by atomic mass is 10.1. The van der Waals surface area contributed by atoms with Crippen LogP contribution in [-0.4, -0.2) is 54.7 Å². The summed E-state index contributed by atoms with van der Waals surface area (Å²) < 4.78 is 20.6. The zero-order valence-corrected chi connectivity index (χ0v) is 10.9. The smallest absolute Gasteiger partial charge is 0.181 e. The largest absolute Gasteiger partial charge is 0.394 e. The summed E-state index contributed by atoms with van der Waals surface area (Å²) in [5, 5.41) is 18.9. The Morgan fingerprint density at radius 3 is 2.95 bits per heavy atom. The second-order valence-electron chi connectivity index (χ2n) is 4.44. The van der Waals surface area contributed by atoms with E-state index in [4.69, 9.17) is 27.8 Å². The number of hydrogen-bond acceptors (Lipinski definition) is 7. The van der Waals surface area contributed by atoms with Crippen LogP contribution in [0.1, 0.15) is 6.23 Å². The van der Waals surface area contributed by atoms with E-state index in [0.29, 0.717) is 11.2 Å². The first kappa shape index (κ1) is 13.4. The molecule has 0 aliphatic carbocycles. The lowest BCUT2D eigenvalue weighted by molar-refractivity contribution is -0.0502. The highest BCUT2D eigenvalue weighted by atomic mass is 32.1. The fourth-order valence-electron chi connectivity index (χ4n) is 2.26. The molecule has 3 heterocycles. The Morgan fingerprint density at radius 1 is 1.55 bits per heavy atom. The number of aliphatic hydroxyl groups excluding tert-OH is 2. The summed E-state index contributed by atoms with van der Waals surface area (Å²) in [4.78, 5) is 10.6. The van der Waals surface area contributed by atoms with Gasteiger partial charge in [0.1, 0.15) is 24.1 Å². The molecule has 8 nitrogen and oxygen atoms in total. The molecule has 1 fully saturated rings. The number of aromatic amines is 1. The van der Waals surface area contributed by atoms with Crippen molar-refractivity contribution in [2.45, 2.75) is 24.6 Å². The fraction of sp³-hybridized carbons (Fsp3) is 0.500. The Bertz CT molecular complexity index is 704. The van der Waals surface area contributed by atoms with Gasteiger partial charge in [-0.05, 0) is 12.2 Å². The van der Waals surface area contributed by atoms with Crippen molar-refractivity contribution in [3.05, 3.63) is 11.1 Å². The van der Waals surface area contributed by atoms with Gasteiger partial charge in [-0.25, -0.2) is 14.4 Å². The van der Waals surface area contributed by atoms with Gasteiger partial charge < -0.3 is 25.7 Å². The highest BCUT2D eigenvalue weighted by Crippen LogP contribution is 2.33. The van der Waals surface area contributed by atoms with E-state index < -0.39 is 31.2 Å². The van der Waals surface area contributed by atoms with E-state index in [1.807, 2.05) is 0 Å². The summed E-state index contributed by atoms with van der Waals surface area (Å²) in [5.74, 6) is 0.183. The number of H-pyrrole nitrogens is 1. The van der Waals surface area contributed by atoms with E-state index >= 15 is 0 Å². The first-order chi connectivity index (χ1) is 9.54. The molecule has 108 valence electrons. The van der Waals surface area contributed by atoms with Crippen molar-refractivity contribution in [2.75, 3.05) is 12.3 Å². The maximum atomic E-state index is 13.8. The van der Waals surface area contributed by atoms with Gasteiger partial charge in [-0.2, -0.15) is 0 Å². The van der Waals surface area contributed by atoms with Crippen LogP contribution in [0.3, 0.4) is 0 Å². The van der Waals surface area contributed by atoms with Crippen LogP contribution in [0.25, 0.3) is 11.2 Å². The number of nitrogens with two attached hydrogens (primary N) is 1. The van der Waals surface area contributed by atoms with Gasteiger partial charge >= 0.3 is 0 Å². The van der Waals surface area contributed by atoms with Crippen LogP contribution in [0.2, 0.25) is 0 Å². The first-order valence-electron chi connectivity index (χ1n) is 5.83. The van der Waals surface area contributed by atoms with Crippen molar-refractivity contribution in [3.63, 3.8) is 0 Å². The summed E-state index contributed by atoms with van der Waals surface area (Å²) in [5.41, 5.74) is 6.38. The Labute approximate surface area is 117 Å². The number of nitrogens with zero attached hydrogens (tertiary/aromatic N) is 3. The maximum Gasteiger partial charge on any atom is 0.181 e. The number of anilines is 1. The summed E-state index contributed by atoms with van der Waals surface area (Å²) in [6.45, 7) is -0.540. The van der Waals surface area contributed by atoms with Crippen molar-refractivity contribution >= 4 is 29.2 Å². The predicted octanol–water partition coefficient (Wildman–Crippen LogP) is -0.340. The third-order valence-electron chi connectivity index (χ3n) is 3.26. The van der Waals surface area contributed by atoms with Crippen LogP contribution < -0.4 is 5.73 Å². The molecule has 1 aliphatic heterocycles. The SMILES string of the molecule is Nc1ncnc2c1[nH]c(=S)n2[C@@H]1O[C@H](CO)[C@@H](F)[C@H]1O. The number of alkyl halides is 1. The van der Waals surface area contributed by atoms with E-state index in [2.05, 4.69) is 15.0 Å². The molecular weight excluding hydrogens is 289 g/mol. The Morgan fingerprint density at radius 2 is 2.30 bits per heavy atom. The predicted molar refractivity (Wildman–Crippen MR) is 69.0 cm³/mol. The van der Waals surface area contributed by atoms with Crippen LogP contribution in [0.5, 0.6) is 0 Å². The number of ether oxygens (including phenoxy) is 1. The second-order valence-corrected chi connectivity index (χ2v) is 4.83. The molecule has 1 saturated heterocycles. The number of fused-ring (bicyclic) bond motifs is 1. The van der Waals surface area contributed by atoms with Gasteiger partial charge in [0.15, 0.2) is 28.6 Å². The zero-order chi connectivity index (χ0) is 14.4. The monoisotopic (exact) mass is 301 g/mol. The molecule has 0 bridgehead atoms. The Kier molecular flexibility index (Phi) is 3.17. The Balaban J connectivity index is 2.14. The minimum absolute atomic E-state index is 0.169. The molecular formula is C10H12FN5O3S. The van der Waals surface area contributed by atoms with Crippen LogP contribution in [-0.2, 0) is 4.74 Å². The topological polar surface area (TPSA) is 122 Å². The number of halogens is 1. The number of imidazole rings is 1. The second kappa shape index (κ2) is 4.74. The summed E-state index contributed by atoms with van der Waals surface area (Å²) in [6, 6.07) is 0. The van der Waals surface area contributed by atoms with Crippen LogP contribution >= 0.6 is 12.2 Å². The molecule has 0 aromatic carbocycles. The van der Waals surface area contributed by atoms with E-state index in [0.717, 1.165) is 0 Å². The number of aromatic nitrogens is 4. The first-order valence-corrected chi connectivity index (χ1v) is 6.24. The number of hydrogen-bond donors (Lipinski definition) is 4. The minimum atomic E-state index is -1.71. The third kappa shape index (κ3) is 1.80. The highest BCUT2D eigenvalue weighted by molar-refractivity contribution is 7.71. The van der Waals surface area contributed by atoms with Crippen LogP contribution in [0.4, 0.5) is 10.2 Å². The van der Waals surface area contributed by atoms with Crippen molar-refractivity contribution in [1.82, 2.24) is 19.5 Å². The molecule has 10 heteroatoms. The Hall–Kier alpha value is -1.62. The van der Waals surface area contributed by atoms with Gasteiger partial charge in [0.05, 0.1) is 6.61 Å². The molecule has 20 heavy (non-hydrogen) atoms. The van der Waals surface area contributed by atoms with Gasteiger partial charge in [-0.3, -0.25) is 4.57 Å². The number of aliphatic hydroxyl groups is 2. The fourth-order valence-corrected chi connectivity index (χ4v) is 2.55. The average Bonchev–Trinajstić information content (AvgIpc) is 2.90. The maximum absolute atomic E-state index is 13.8. The van der Waals surface area contributed by atoms with Gasteiger partial charge in [-0.1, -0.05) is 0 Å². The van der Waals surface area contributed by atoms with Gasteiger partial charge in [0.25, 0.3) is 0 Å². The van der Waals surface area contributed by atoms with Gasteiger partial charge in [0, 0.05) is 0 Å². The quantitative estimate of drug-likeness (QED) is 0.560. The molecule has 1 aliphatic rings. The molecule has 0 radical (unpaired) electrons. The minimum Gasteiger partial charge on any atom is -0.394 e. The molecule has 0 saturated carbocycles.